The Hall–Kier alpha value is -1.91. The summed E-state index contributed by atoms with van der Waals surface area (Å²) >= 11 is 0. The van der Waals surface area contributed by atoms with Crippen LogP contribution in [0.25, 0.3) is 5.57 Å². The molecule has 142 valence electrons. The van der Waals surface area contributed by atoms with Crippen LogP contribution >= 0.6 is 0 Å². The quantitative estimate of drug-likeness (QED) is 0.755. The molecule has 0 spiro atoms. The van der Waals surface area contributed by atoms with E-state index in [0.29, 0.717) is 17.4 Å². The molecule has 0 radical (unpaired) electrons. The lowest BCUT2D eigenvalue weighted by atomic mass is 9.96. The first kappa shape index (κ1) is 18.5. The Bertz CT molecular complexity index is 948. The molecule has 1 heterocycles. The molecule has 0 saturated carbocycles. The average Bonchev–Trinajstić information content (AvgIpc) is 3.27. The standard InChI is InChI=1S/C23H27NO2S/c1-24-14-5-6-21(24)17-20-12-11-19-10-9-18(16-23(19)20)13-15-27(25,26)22-7-3-2-4-8-22/h2-4,7-10,12,16,21H,5-6,11,13-15,17H2,1H3/t21-/m1/s1. The van der Waals surface area contributed by atoms with E-state index in [1.165, 1.54) is 36.1 Å². The van der Waals surface area contributed by atoms with E-state index in [0.717, 1.165) is 18.4 Å². The molecule has 1 aliphatic carbocycles. The summed E-state index contributed by atoms with van der Waals surface area (Å²) in [7, 11) is -1.01. The summed E-state index contributed by atoms with van der Waals surface area (Å²) in [5.74, 6) is 0.153. The van der Waals surface area contributed by atoms with Gasteiger partial charge in [-0.05, 0) is 80.1 Å². The topological polar surface area (TPSA) is 37.4 Å². The third kappa shape index (κ3) is 4.02. The molecule has 3 nitrogen and oxygen atoms in total. The zero-order valence-corrected chi connectivity index (χ0v) is 16.7. The van der Waals surface area contributed by atoms with Gasteiger partial charge in [-0.3, -0.25) is 0 Å². The molecule has 0 bridgehead atoms. The first-order chi connectivity index (χ1) is 13.0. The normalized spacial score (nSPS) is 19.9. The maximum Gasteiger partial charge on any atom is 0.178 e. The smallest absolute Gasteiger partial charge is 0.178 e. The second-order valence-electron chi connectivity index (χ2n) is 7.79. The first-order valence-corrected chi connectivity index (χ1v) is 11.5. The number of allylic oxidation sites excluding steroid dienone is 1. The summed E-state index contributed by atoms with van der Waals surface area (Å²) in [6.07, 6.45) is 7.60. The Labute approximate surface area is 162 Å². The molecule has 4 heteroatoms. The van der Waals surface area contributed by atoms with Gasteiger partial charge in [0.05, 0.1) is 10.6 Å². The van der Waals surface area contributed by atoms with E-state index >= 15 is 0 Å². The Kier molecular flexibility index (Phi) is 5.20. The van der Waals surface area contributed by atoms with Crippen LogP contribution in [-0.4, -0.2) is 38.7 Å². The van der Waals surface area contributed by atoms with Crippen LogP contribution in [-0.2, 0) is 22.7 Å². The van der Waals surface area contributed by atoms with Crippen molar-refractivity contribution in [1.29, 1.82) is 0 Å². The predicted octanol–water partition coefficient (Wildman–Crippen LogP) is 4.13. The molecule has 1 aliphatic heterocycles. The van der Waals surface area contributed by atoms with Crippen molar-refractivity contribution in [2.24, 2.45) is 0 Å². The van der Waals surface area contributed by atoms with Gasteiger partial charge in [0.15, 0.2) is 9.84 Å². The van der Waals surface area contributed by atoms with E-state index < -0.39 is 9.84 Å². The Balaban J connectivity index is 1.47. The fourth-order valence-electron chi connectivity index (χ4n) is 4.28. The van der Waals surface area contributed by atoms with E-state index in [2.05, 4.69) is 36.2 Å². The minimum Gasteiger partial charge on any atom is -0.303 e. The molecule has 0 N–H and O–H groups in total. The molecule has 27 heavy (non-hydrogen) atoms. The van der Waals surface area contributed by atoms with Crippen LogP contribution in [0.5, 0.6) is 0 Å². The van der Waals surface area contributed by atoms with E-state index in [1.54, 1.807) is 24.3 Å². The van der Waals surface area contributed by atoms with Crippen molar-refractivity contribution in [2.45, 2.75) is 43.0 Å². The molecule has 2 aliphatic rings. The number of aryl methyl sites for hydroxylation is 1. The number of fused-ring (bicyclic) bond motifs is 1. The summed E-state index contributed by atoms with van der Waals surface area (Å²) in [4.78, 5) is 2.88. The molecule has 1 atom stereocenters. The lowest BCUT2D eigenvalue weighted by molar-refractivity contribution is 0.315. The van der Waals surface area contributed by atoms with Crippen molar-refractivity contribution in [1.82, 2.24) is 4.90 Å². The van der Waals surface area contributed by atoms with Crippen molar-refractivity contribution in [2.75, 3.05) is 19.3 Å². The van der Waals surface area contributed by atoms with E-state index in [1.807, 2.05) is 6.07 Å². The highest BCUT2D eigenvalue weighted by atomic mass is 32.2. The number of likely N-dealkylation sites (tertiary alicyclic amines) is 1. The molecule has 0 unspecified atom stereocenters. The molecule has 0 aromatic heterocycles. The zero-order chi connectivity index (χ0) is 18.9. The number of sulfone groups is 1. The van der Waals surface area contributed by atoms with Gasteiger partial charge in [0.1, 0.15) is 0 Å². The second-order valence-corrected chi connectivity index (χ2v) is 9.90. The Morgan fingerprint density at radius 2 is 1.93 bits per heavy atom. The van der Waals surface area contributed by atoms with Crippen LogP contribution in [0.1, 0.15) is 36.0 Å². The van der Waals surface area contributed by atoms with Gasteiger partial charge >= 0.3 is 0 Å². The summed E-state index contributed by atoms with van der Waals surface area (Å²) in [6.45, 7) is 1.20. The van der Waals surface area contributed by atoms with Crippen LogP contribution in [0.3, 0.4) is 0 Å². The van der Waals surface area contributed by atoms with Gasteiger partial charge in [0, 0.05) is 6.04 Å². The van der Waals surface area contributed by atoms with Crippen LogP contribution < -0.4 is 0 Å². The fraction of sp³-hybridized carbons (Fsp3) is 0.391. The van der Waals surface area contributed by atoms with Crippen molar-refractivity contribution >= 4 is 15.4 Å². The highest BCUT2D eigenvalue weighted by Crippen LogP contribution is 2.34. The van der Waals surface area contributed by atoms with Gasteiger partial charge in [0.2, 0.25) is 0 Å². The van der Waals surface area contributed by atoms with Crippen molar-refractivity contribution in [3.05, 3.63) is 71.3 Å². The molecule has 2 aromatic carbocycles. The number of hydrogen-bond donors (Lipinski definition) is 0. The number of benzene rings is 2. The van der Waals surface area contributed by atoms with Gasteiger partial charge < -0.3 is 4.90 Å². The van der Waals surface area contributed by atoms with Crippen molar-refractivity contribution in [3.8, 4) is 0 Å². The average molecular weight is 382 g/mol. The highest BCUT2D eigenvalue weighted by molar-refractivity contribution is 7.91. The van der Waals surface area contributed by atoms with E-state index in [-0.39, 0.29) is 5.75 Å². The van der Waals surface area contributed by atoms with Crippen LogP contribution in [0.15, 0.2) is 59.5 Å². The maximum atomic E-state index is 12.6. The minimum atomic E-state index is -3.23. The molecule has 1 fully saturated rings. The van der Waals surface area contributed by atoms with E-state index in [4.69, 9.17) is 0 Å². The Morgan fingerprint density at radius 3 is 2.67 bits per heavy atom. The molecule has 4 rings (SSSR count). The lowest BCUT2D eigenvalue weighted by Gasteiger charge is -2.20. The Morgan fingerprint density at radius 1 is 1.11 bits per heavy atom. The summed E-state index contributed by atoms with van der Waals surface area (Å²) < 4.78 is 25.1. The monoisotopic (exact) mass is 381 g/mol. The molecular weight excluding hydrogens is 354 g/mol. The van der Waals surface area contributed by atoms with Crippen LogP contribution in [0, 0.1) is 0 Å². The van der Waals surface area contributed by atoms with Crippen molar-refractivity contribution < 1.29 is 8.42 Å². The second kappa shape index (κ2) is 7.61. The number of nitrogens with zero attached hydrogens (tertiary/aromatic N) is 1. The van der Waals surface area contributed by atoms with E-state index in [9.17, 15) is 8.42 Å². The number of hydrogen-bond acceptors (Lipinski definition) is 3. The number of rotatable bonds is 6. The first-order valence-electron chi connectivity index (χ1n) is 9.82. The SMILES string of the molecule is CN1CCC[C@@H]1CC1=CCc2ccc(CCS(=O)(=O)c3ccccc3)cc21. The van der Waals surface area contributed by atoms with Crippen LogP contribution in [0.4, 0.5) is 0 Å². The van der Waals surface area contributed by atoms with Gasteiger partial charge in [-0.15, -0.1) is 0 Å². The summed E-state index contributed by atoms with van der Waals surface area (Å²) in [6, 6.07) is 15.9. The summed E-state index contributed by atoms with van der Waals surface area (Å²) in [5.41, 5.74) is 5.27. The fourth-order valence-corrected chi connectivity index (χ4v) is 5.59. The molecule has 1 saturated heterocycles. The third-order valence-electron chi connectivity index (χ3n) is 5.98. The van der Waals surface area contributed by atoms with Gasteiger partial charge in [-0.2, -0.15) is 0 Å². The molecule has 0 amide bonds. The minimum absolute atomic E-state index is 0.153. The molecular formula is C23H27NO2S. The van der Waals surface area contributed by atoms with Crippen molar-refractivity contribution in [3.63, 3.8) is 0 Å². The van der Waals surface area contributed by atoms with Gasteiger partial charge in [0.25, 0.3) is 0 Å². The maximum absolute atomic E-state index is 12.6. The third-order valence-corrected chi connectivity index (χ3v) is 7.71. The molecule has 2 aromatic rings. The predicted molar refractivity (Wildman–Crippen MR) is 111 cm³/mol. The summed E-state index contributed by atoms with van der Waals surface area (Å²) in [5, 5.41) is 0. The van der Waals surface area contributed by atoms with Crippen LogP contribution in [0.2, 0.25) is 0 Å². The van der Waals surface area contributed by atoms with Gasteiger partial charge in [-0.1, -0.05) is 42.5 Å². The highest BCUT2D eigenvalue weighted by Gasteiger charge is 2.25. The van der Waals surface area contributed by atoms with Gasteiger partial charge in [-0.25, -0.2) is 8.42 Å². The lowest BCUT2D eigenvalue weighted by Crippen LogP contribution is -2.24. The zero-order valence-electron chi connectivity index (χ0n) is 15.9. The largest absolute Gasteiger partial charge is 0.303 e.